The van der Waals surface area contributed by atoms with Gasteiger partial charge in [-0.25, -0.2) is 0 Å². The molecule has 0 amide bonds. The van der Waals surface area contributed by atoms with Gasteiger partial charge in [0.1, 0.15) is 0 Å². The molecule has 0 saturated heterocycles. The maximum atomic E-state index is 5.80. The third-order valence-electron chi connectivity index (χ3n) is 2.96. The van der Waals surface area contributed by atoms with Gasteiger partial charge in [0.2, 0.25) is 0 Å². The molecule has 1 aromatic rings. The summed E-state index contributed by atoms with van der Waals surface area (Å²) in [5, 5.41) is 3.40. The molecule has 0 heterocycles. The lowest BCUT2D eigenvalue weighted by Crippen LogP contribution is -2.30. The van der Waals surface area contributed by atoms with Gasteiger partial charge in [0.25, 0.3) is 0 Å². The summed E-state index contributed by atoms with van der Waals surface area (Å²) in [6, 6.07) is 8.98. The van der Waals surface area contributed by atoms with E-state index in [1.165, 1.54) is 11.1 Å². The van der Waals surface area contributed by atoms with Gasteiger partial charge in [-0.3, -0.25) is 0 Å². The largest absolute Gasteiger partial charge is 0.383 e. The second-order valence-electron chi connectivity index (χ2n) is 5.07. The molecule has 0 saturated carbocycles. The summed E-state index contributed by atoms with van der Waals surface area (Å²) in [6.07, 6.45) is 1.13. The summed E-state index contributed by atoms with van der Waals surface area (Å²) in [4.78, 5) is 0. The van der Waals surface area contributed by atoms with Gasteiger partial charge in [0.05, 0.1) is 6.61 Å². The molecule has 1 rings (SSSR count). The first-order valence-electron chi connectivity index (χ1n) is 6.68. The van der Waals surface area contributed by atoms with Gasteiger partial charge in [-0.15, -0.1) is 0 Å². The van der Waals surface area contributed by atoms with Crippen molar-refractivity contribution in [2.24, 2.45) is 11.7 Å². The molecule has 0 bridgehead atoms. The van der Waals surface area contributed by atoms with E-state index in [4.69, 9.17) is 10.5 Å². The van der Waals surface area contributed by atoms with Crippen molar-refractivity contribution in [2.45, 2.75) is 26.3 Å². The predicted molar refractivity (Wildman–Crippen MR) is 76.7 cm³/mol. The maximum Gasteiger partial charge on any atom is 0.0587 e. The Labute approximate surface area is 111 Å². The summed E-state index contributed by atoms with van der Waals surface area (Å²) < 4.78 is 5.03. The third kappa shape index (κ3) is 5.17. The molecule has 0 spiro atoms. The van der Waals surface area contributed by atoms with Crippen LogP contribution in [0.5, 0.6) is 0 Å². The van der Waals surface area contributed by atoms with Crippen molar-refractivity contribution in [1.29, 1.82) is 0 Å². The first kappa shape index (κ1) is 15.2. The Kier molecular flexibility index (Phi) is 6.94. The van der Waals surface area contributed by atoms with Gasteiger partial charge < -0.3 is 15.8 Å². The Balaban J connectivity index is 2.57. The number of benzene rings is 1. The van der Waals surface area contributed by atoms with Gasteiger partial charge in [0.15, 0.2) is 0 Å². The average Bonchev–Trinajstić information content (AvgIpc) is 2.35. The van der Waals surface area contributed by atoms with E-state index < -0.39 is 0 Å². The van der Waals surface area contributed by atoms with Crippen molar-refractivity contribution in [1.82, 2.24) is 5.32 Å². The Morgan fingerprint density at radius 3 is 2.39 bits per heavy atom. The molecular formula is C15H26N2O. The Morgan fingerprint density at radius 2 is 1.89 bits per heavy atom. The van der Waals surface area contributed by atoms with E-state index in [1.54, 1.807) is 7.11 Å². The minimum Gasteiger partial charge on any atom is -0.383 e. The molecule has 1 atom stereocenters. The number of methoxy groups -OCH3 is 1. The Morgan fingerprint density at radius 1 is 1.22 bits per heavy atom. The van der Waals surface area contributed by atoms with Crippen LogP contribution in [-0.4, -0.2) is 26.8 Å². The van der Waals surface area contributed by atoms with Crippen molar-refractivity contribution < 1.29 is 4.74 Å². The van der Waals surface area contributed by atoms with Crippen LogP contribution in [0.1, 0.15) is 31.0 Å². The highest BCUT2D eigenvalue weighted by molar-refractivity contribution is 5.25. The smallest absolute Gasteiger partial charge is 0.0587 e. The fourth-order valence-corrected chi connectivity index (χ4v) is 2.03. The van der Waals surface area contributed by atoms with Gasteiger partial charge in [-0.2, -0.15) is 0 Å². The van der Waals surface area contributed by atoms with E-state index in [-0.39, 0.29) is 6.04 Å². The summed E-state index contributed by atoms with van der Waals surface area (Å²) >= 11 is 0. The molecule has 1 unspecified atom stereocenters. The summed E-state index contributed by atoms with van der Waals surface area (Å²) in [5.74, 6) is 0.695. The minimum atomic E-state index is 0.216. The van der Waals surface area contributed by atoms with E-state index in [0.717, 1.165) is 13.0 Å². The van der Waals surface area contributed by atoms with E-state index >= 15 is 0 Å². The molecule has 18 heavy (non-hydrogen) atoms. The van der Waals surface area contributed by atoms with E-state index in [2.05, 4.69) is 43.4 Å². The normalized spacial score (nSPS) is 12.9. The molecule has 0 radical (unpaired) electrons. The number of nitrogens with two attached hydrogens (primary N) is 1. The van der Waals surface area contributed by atoms with Crippen LogP contribution < -0.4 is 11.1 Å². The molecule has 102 valence electrons. The quantitative estimate of drug-likeness (QED) is 0.695. The molecule has 1 aromatic carbocycles. The summed E-state index contributed by atoms with van der Waals surface area (Å²) in [7, 11) is 1.71. The number of ether oxygens (including phenoxy) is 1. The Bertz CT molecular complexity index is 322. The van der Waals surface area contributed by atoms with E-state index in [1.807, 2.05) is 0 Å². The van der Waals surface area contributed by atoms with Crippen LogP contribution in [0, 0.1) is 5.92 Å². The van der Waals surface area contributed by atoms with Crippen molar-refractivity contribution in [2.75, 3.05) is 26.8 Å². The standard InChI is InChI=1S/C15H26N2O/c1-12(2)10-13-4-6-14(7-5-13)15(11-16)17-8-9-18-3/h4-7,12,15,17H,8-11,16H2,1-3H3. The molecular weight excluding hydrogens is 224 g/mol. The third-order valence-corrected chi connectivity index (χ3v) is 2.96. The second-order valence-corrected chi connectivity index (χ2v) is 5.07. The molecule has 3 N–H and O–H groups in total. The highest BCUT2D eigenvalue weighted by Crippen LogP contribution is 2.15. The van der Waals surface area contributed by atoms with Gasteiger partial charge in [-0.1, -0.05) is 38.1 Å². The first-order chi connectivity index (χ1) is 8.67. The van der Waals surface area contributed by atoms with Crippen LogP contribution in [0.2, 0.25) is 0 Å². The maximum absolute atomic E-state index is 5.80. The monoisotopic (exact) mass is 250 g/mol. The number of rotatable bonds is 8. The zero-order chi connectivity index (χ0) is 13.4. The van der Waals surface area contributed by atoms with Crippen molar-refractivity contribution in [3.8, 4) is 0 Å². The predicted octanol–water partition coefficient (Wildman–Crippen LogP) is 2.12. The van der Waals surface area contributed by atoms with Crippen molar-refractivity contribution >= 4 is 0 Å². The van der Waals surface area contributed by atoms with Crippen LogP contribution in [0.3, 0.4) is 0 Å². The molecule has 0 aliphatic rings. The summed E-state index contributed by atoms with van der Waals surface area (Å²) in [6.45, 7) is 6.62. The molecule has 0 aliphatic heterocycles. The fraction of sp³-hybridized carbons (Fsp3) is 0.600. The molecule has 3 heteroatoms. The molecule has 3 nitrogen and oxygen atoms in total. The van der Waals surface area contributed by atoms with Gasteiger partial charge in [0, 0.05) is 26.2 Å². The average molecular weight is 250 g/mol. The first-order valence-corrected chi connectivity index (χ1v) is 6.68. The molecule has 0 fully saturated rings. The zero-order valence-corrected chi connectivity index (χ0v) is 11.8. The van der Waals surface area contributed by atoms with Crippen LogP contribution in [0.15, 0.2) is 24.3 Å². The van der Waals surface area contributed by atoms with Crippen LogP contribution in [-0.2, 0) is 11.2 Å². The number of hydrogen-bond acceptors (Lipinski definition) is 3. The second kappa shape index (κ2) is 8.25. The van der Waals surface area contributed by atoms with Crippen molar-refractivity contribution in [3.63, 3.8) is 0 Å². The van der Waals surface area contributed by atoms with Crippen molar-refractivity contribution in [3.05, 3.63) is 35.4 Å². The van der Waals surface area contributed by atoms with Gasteiger partial charge >= 0.3 is 0 Å². The van der Waals surface area contributed by atoms with E-state index in [9.17, 15) is 0 Å². The SMILES string of the molecule is COCCNC(CN)c1ccc(CC(C)C)cc1. The van der Waals surface area contributed by atoms with Crippen LogP contribution >= 0.6 is 0 Å². The highest BCUT2D eigenvalue weighted by atomic mass is 16.5. The van der Waals surface area contributed by atoms with Crippen LogP contribution in [0.25, 0.3) is 0 Å². The van der Waals surface area contributed by atoms with E-state index in [0.29, 0.717) is 19.1 Å². The lowest BCUT2D eigenvalue weighted by molar-refractivity contribution is 0.196. The topological polar surface area (TPSA) is 47.3 Å². The zero-order valence-electron chi connectivity index (χ0n) is 11.8. The summed E-state index contributed by atoms with van der Waals surface area (Å²) in [5.41, 5.74) is 8.44. The number of nitrogens with one attached hydrogen (secondary N) is 1. The minimum absolute atomic E-state index is 0.216. The lowest BCUT2D eigenvalue weighted by Gasteiger charge is -2.17. The Hall–Kier alpha value is -0.900. The highest BCUT2D eigenvalue weighted by Gasteiger charge is 2.08. The molecule has 0 aromatic heterocycles. The lowest BCUT2D eigenvalue weighted by atomic mass is 9.99. The fourth-order valence-electron chi connectivity index (χ4n) is 2.03. The number of hydrogen-bond donors (Lipinski definition) is 2. The van der Waals surface area contributed by atoms with Gasteiger partial charge in [-0.05, 0) is 23.5 Å². The molecule has 0 aliphatic carbocycles. The van der Waals surface area contributed by atoms with Crippen LogP contribution in [0.4, 0.5) is 0 Å².